The Kier molecular flexibility index (Phi) is 2.51. The number of rotatable bonds is 1. The fourth-order valence-corrected chi connectivity index (χ4v) is 1.08. The molecule has 0 spiro atoms. The van der Waals surface area contributed by atoms with Crippen molar-refractivity contribution in [3.8, 4) is 0 Å². The number of hydrogen-bond acceptors (Lipinski definition) is 0. The van der Waals surface area contributed by atoms with Crippen LogP contribution in [0.5, 0.6) is 0 Å². The summed E-state index contributed by atoms with van der Waals surface area (Å²) in [6.07, 6.45) is 1.14. The molecule has 0 heterocycles. The van der Waals surface area contributed by atoms with Gasteiger partial charge in [-0.25, -0.2) is 0 Å². The van der Waals surface area contributed by atoms with Crippen molar-refractivity contribution in [2.24, 2.45) is 0 Å². The topological polar surface area (TPSA) is 0 Å². The predicted octanol–water partition coefficient (Wildman–Crippen LogP) is 2.85. The second-order valence-electron chi connectivity index (χ2n) is 1.98. The lowest BCUT2D eigenvalue weighted by Gasteiger charge is -1.93. The van der Waals surface area contributed by atoms with Gasteiger partial charge in [0.2, 0.25) is 0 Å². The van der Waals surface area contributed by atoms with Gasteiger partial charge in [-0.3, -0.25) is 0 Å². The molecule has 9 heavy (non-hydrogen) atoms. The highest BCUT2D eigenvalue weighted by molar-refractivity contribution is 14.1. The summed E-state index contributed by atoms with van der Waals surface area (Å²) in [5.41, 5.74) is 1.41. The molecular formula is C8H9I. The average Bonchev–Trinajstić information content (AvgIpc) is 1.90. The lowest BCUT2D eigenvalue weighted by Crippen LogP contribution is -1.77. The summed E-state index contributed by atoms with van der Waals surface area (Å²) < 4.78 is 1.31. The Balaban J connectivity index is 2.88. The van der Waals surface area contributed by atoms with E-state index in [0.29, 0.717) is 0 Å². The van der Waals surface area contributed by atoms with Crippen molar-refractivity contribution >= 4 is 22.6 Å². The van der Waals surface area contributed by atoms with Gasteiger partial charge in [0, 0.05) is 3.57 Å². The van der Waals surface area contributed by atoms with Crippen molar-refractivity contribution in [3.63, 3.8) is 0 Å². The van der Waals surface area contributed by atoms with Gasteiger partial charge in [0.25, 0.3) is 0 Å². The first-order valence-electron chi connectivity index (χ1n) is 3.07. The van der Waals surface area contributed by atoms with E-state index in [0.717, 1.165) is 6.42 Å². The Labute approximate surface area is 69.4 Å². The molecule has 0 aliphatic heterocycles. The van der Waals surface area contributed by atoms with Crippen LogP contribution in [0.3, 0.4) is 0 Å². The number of halogens is 1. The van der Waals surface area contributed by atoms with Gasteiger partial charge >= 0.3 is 0 Å². The smallest absolute Gasteiger partial charge is 0.0130 e. The Morgan fingerprint density at radius 1 is 1.22 bits per heavy atom. The van der Waals surface area contributed by atoms with Gasteiger partial charge in [0.15, 0.2) is 0 Å². The van der Waals surface area contributed by atoms with Gasteiger partial charge in [-0.2, -0.15) is 0 Å². The maximum Gasteiger partial charge on any atom is 0.0130 e. The highest BCUT2D eigenvalue weighted by atomic mass is 123. The van der Waals surface area contributed by atoms with Gasteiger partial charge < -0.3 is 0 Å². The summed E-state index contributed by atoms with van der Waals surface area (Å²) in [5, 5.41) is 0. The standard InChI is InChI=1S/C8H9I/c1-2-7-3-5-8(9)6-4-7/h3-6H,2H2,1H3/i9-4. The summed E-state index contributed by atoms with van der Waals surface area (Å²) in [7, 11) is 0. The normalized spacial score (nSPS) is 9.56. The molecule has 0 aliphatic carbocycles. The van der Waals surface area contributed by atoms with Gasteiger partial charge in [-0.05, 0) is 46.7 Å². The van der Waals surface area contributed by atoms with E-state index in [4.69, 9.17) is 0 Å². The van der Waals surface area contributed by atoms with E-state index in [1.54, 1.807) is 0 Å². The summed E-state index contributed by atoms with van der Waals surface area (Å²) in [6, 6.07) is 8.61. The molecule has 0 unspecified atom stereocenters. The SMILES string of the molecule is CCc1ccc([123I])cc1. The molecule has 0 fully saturated rings. The summed E-state index contributed by atoms with van der Waals surface area (Å²) in [4.78, 5) is 0. The number of aryl methyl sites for hydroxylation is 1. The van der Waals surface area contributed by atoms with Crippen LogP contribution < -0.4 is 0 Å². The van der Waals surface area contributed by atoms with E-state index in [1.165, 1.54) is 9.13 Å². The molecular weight excluding hydrogens is 219 g/mol. The van der Waals surface area contributed by atoms with Crippen LogP contribution in [0.15, 0.2) is 24.3 Å². The van der Waals surface area contributed by atoms with Gasteiger partial charge in [-0.15, -0.1) is 0 Å². The van der Waals surface area contributed by atoms with Crippen molar-refractivity contribution < 1.29 is 0 Å². The maximum atomic E-state index is 2.31. The minimum absolute atomic E-state index is 1.14. The minimum atomic E-state index is 1.14. The molecule has 0 saturated heterocycles. The third-order valence-corrected chi connectivity index (χ3v) is 2.04. The molecule has 1 aromatic rings. The van der Waals surface area contributed by atoms with Crippen LogP contribution in [0, 0.1) is 3.57 Å². The largest absolute Gasteiger partial charge is 0.0613 e. The molecule has 0 atom stereocenters. The third kappa shape index (κ3) is 1.97. The molecule has 0 nitrogen and oxygen atoms in total. The van der Waals surface area contributed by atoms with Crippen molar-refractivity contribution in [1.82, 2.24) is 0 Å². The van der Waals surface area contributed by atoms with E-state index in [2.05, 4.69) is 53.8 Å². The van der Waals surface area contributed by atoms with Gasteiger partial charge in [0.1, 0.15) is 0 Å². The molecule has 0 saturated carbocycles. The van der Waals surface area contributed by atoms with Crippen molar-refractivity contribution in [2.75, 3.05) is 0 Å². The highest BCUT2D eigenvalue weighted by Gasteiger charge is 1.85. The fraction of sp³-hybridized carbons (Fsp3) is 0.250. The zero-order valence-electron chi connectivity index (χ0n) is 5.39. The van der Waals surface area contributed by atoms with Crippen molar-refractivity contribution in [1.29, 1.82) is 0 Å². The summed E-state index contributed by atoms with van der Waals surface area (Å²) >= 11 is 2.31. The zero-order valence-corrected chi connectivity index (χ0v) is 7.55. The van der Waals surface area contributed by atoms with E-state index in [1.807, 2.05) is 0 Å². The summed E-state index contributed by atoms with van der Waals surface area (Å²) in [6.45, 7) is 2.17. The molecule has 0 amide bonds. The van der Waals surface area contributed by atoms with Crippen LogP contribution in [0.1, 0.15) is 12.5 Å². The third-order valence-electron chi connectivity index (χ3n) is 1.32. The quantitative estimate of drug-likeness (QED) is 0.648. The maximum absolute atomic E-state index is 2.31. The van der Waals surface area contributed by atoms with Crippen molar-refractivity contribution in [3.05, 3.63) is 33.4 Å². The van der Waals surface area contributed by atoms with Crippen molar-refractivity contribution in [2.45, 2.75) is 13.3 Å². The molecule has 48 valence electrons. The fourth-order valence-electron chi connectivity index (χ4n) is 0.720. The van der Waals surface area contributed by atoms with Crippen LogP contribution in [0.4, 0.5) is 0 Å². The first-order chi connectivity index (χ1) is 4.33. The Morgan fingerprint density at radius 2 is 1.78 bits per heavy atom. The lowest BCUT2D eigenvalue weighted by molar-refractivity contribution is 1.14. The van der Waals surface area contributed by atoms with Crippen LogP contribution in [-0.4, -0.2) is 0 Å². The highest BCUT2D eigenvalue weighted by Crippen LogP contribution is 2.06. The van der Waals surface area contributed by atoms with E-state index < -0.39 is 0 Å². The minimum Gasteiger partial charge on any atom is -0.0613 e. The van der Waals surface area contributed by atoms with E-state index in [9.17, 15) is 0 Å². The second kappa shape index (κ2) is 3.20. The second-order valence-corrected chi connectivity index (χ2v) is 3.23. The molecule has 1 rings (SSSR count). The van der Waals surface area contributed by atoms with E-state index >= 15 is 0 Å². The predicted molar refractivity (Wildman–Crippen MR) is 48.5 cm³/mol. The monoisotopic (exact) mass is 228 g/mol. The Bertz CT molecular complexity index is 176. The average molecular weight is 228 g/mol. The first kappa shape index (κ1) is 7.06. The molecule has 0 radical (unpaired) electrons. The Morgan fingerprint density at radius 3 is 2.22 bits per heavy atom. The number of benzene rings is 1. The first-order valence-corrected chi connectivity index (χ1v) is 4.15. The van der Waals surface area contributed by atoms with Gasteiger partial charge in [0.05, 0.1) is 0 Å². The van der Waals surface area contributed by atoms with E-state index in [-0.39, 0.29) is 0 Å². The van der Waals surface area contributed by atoms with Crippen LogP contribution >= 0.6 is 22.6 Å². The zero-order chi connectivity index (χ0) is 6.69. The summed E-state index contributed by atoms with van der Waals surface area (Å²) in [5.74, 6) is 0. The molecule has 0 aliphatic rings. The Hall–Kier alpha value is -0.0500. The molecule has 0 aromatic heterocycles. The van der Waals surface area contributed by atoms with Crippen LogP contribution in [-0.2, 0) is 6.42 Å². The molecule has 0 N–H and O–H groups in total. The number of hydrogen-bond donors (Lipinski definition) is 0. The lowest BCUT2D eigenvalue weighted by atomic mass is 10.2. The molecule has 1 aromatic carbocycles. The van der Waals surface area contributed by atoms with Gasteiger partial charge in [-0.1, -0.05) is 19.1 Å². The molecule has 0 bridgehead atoms. The molecule has 1 heteroatoms. The van der Waals surface area contributed by atoms with Crippen LogP contribution in [0.2, 0.25) is 0 Å². The van der Waals surface area contributed by atoms with Crippen LogP contribution in [0.25, 0.3) is 0 Å².